The molecule has 0 saturated heterocycles. The van der Waals surface area contributed by atoms with Gasteiger partial charge >= 0.3 is 0 Å². The van der Waals surface area contributed by atoms with Crippen LogP contribution in [0.3, 0.4) is 0 Å². The molecular formula is C19H19N3O5. The van der Waals surface area contributed by atoms with Gasteiger partial charge in [-0.05, 0) is 24.3 Å². The second-order valence-corrected chi connectivity index (χ2v) is 5.46. The van der Waals surface area contributed by atoms with Gasteiger partial charge in [-0.3, -0.25) is 4.79 Å². The molecule has 0 saturated carbocycles. The van der Waals surface area contributed by atoms with Gasteiger partial charge in [0.05, 0.1) is 20.8 Å². The molecule has 3 rings (SSSR count). The molecule has 0 unspecified atom stereocenters. The summed E-state index contributed by atoms with van der Waals surface area (Å²) in [7, 11) is 3.13. The van der Waals surface area contributed by atoms with E-state index >= 15 is 0 Å². The zero-order chi connectivity index (χ0) is 19.1. The number of hydrogen-bond acceptors (Lipinski definition) is 7. The highest BCUT2D eigenvalue weighted by atomic mass is 16.5. The maximum Gasteiger partial charge on any atom is 0.258 e. The average molecular weight is 369 g/mol. The molecule has 0 aliphatic carbocycles. The van der Waals surface area contributed by atoms with Gasteiger partial charge in [-0.1, -0.05) is 29.4 Å². The van der Waals surface area contributed by atoms with Gasteiger partial charge in [-0.15, -0.1) is 0 Å². The summed E-state index contributed by atoms with van der Waals surface area (Å²) in [5.74, 6) is 2.14. The second-order valence-electron chi connectivity index (χ2n) is 5.46. The molecule has 8 nitrogen and oxygen atoms in total. The predicted octanol–water partition coefficient (Wildman–Crippen LogP) is 2.45. The van der Waals surface area contributed by atoms with E-state index in [-0.39, 0.29) is 19.1 Å². The largest absolute Gasteiger partial charge is 0.497 e. The number of para-hydroxylation sites is 2. The summed E-state index contributed by atoms with van der Waals surface area (Å²) in [4.78, 5) is 16.2. The fraction of sp³-hybridized carbons (Fsp3) is 0.211. The first-order valence-electron chi connectivity index (χ1n) is 8.19. The van der Waals surface area contributed by atoms with E-state index in [9.17, 15) is 4.79 Å². The number of carbonyl (C=O) groups excluding carboxylic acids is 1. The van der Waals surface area contributed by atoms with Crippen LogP contribution in [0.4, 0.5) is 0 Å². The Balaban J connectivity index is 1.53. The van der Waals surface area contributed by atoms with Crippen LogP contribution in [0.25, 0.3) is 11.4 Å². The molecule has 0 fully saturated rings. The van der Waals surface area contributed by atoms with Crippen LogP contribution in [-0.4, -0.2) is 36.9 Å². The highest BCUT2D eigenvalue weighted by Crippen LogP contribution is 2.25. The normalized spacial score (nSPS) is 10.3. The van der Waals surface area contributed by atoms with Crippen LogP contribution in [0.2, 0.25) is 0 Å². The van der Waals surface area contributed by atoms with Gasteiger partial charge in [0, 0.05) is 5.56 Å². The third-order valence-corrected chi connectivity index (χ3v) is 3.66. The molecule has 1 amide bonds. The molecule has 0 radical (unpaired) electrons. The first-order valence-corrected chi connectivity index (χ1v) is 8.19. The van der Waals surface area contributed by atoms with Crippen LogP contribution >= 0.6 is 0 Å². The van der Waals surface area contributed by atoms with Crippen molar-refractivity contribution < 1.29 is 23.5 Å². The minimum Gasteiger partial charge on any atom is -0.497 e. The number of hydrogen-bond donors (Lipinski definition) is 1. The van der Waals surface area contributed by atoms with Crippen LogP contribution in [0.5, 0.6) is 17.2 Å². The van der Waals surface area contributed by atoms with Crippen LogP contribution in [0.15, 0.2) is 53.1 Å². The Labute approximate surface area is 156 Å². The summed E-state index contributed by atoms with van der Waals surface area (Å²) in [5, 5.41) is 6.58. The lowest BCUT2D eigenvalue weighted by Gasteiger charge is -2.09. The number of amides is 1. The molecule has 3 aromatic rings. The average Bonchev–Trinajstić information content (AvgIpc) is 3.20. The predicted molar refractivity (Wildman–Crippen MR) is 96.6 cm³/mol. The molecule has 0 aliphatic heterocycles. The number of ether oxygens (including phenoxy) is 3. The summed E-state index contributed by atoms with van der Waals surface area (Å²) in [6.45, 7) is -0.0532. The first-order chi connectivity index (χ1) is 13.2. The maximum absolute atomic E-state index is 12.0. The van der Waals surface area contributed by atoms with Crippen molar-refractivity contribution in [2.45, 2.75) is 6.54 Å². The molecule has 0 spiro atoms. The molecular weight excluding hydrogens is 350 g/mol. The standard InChI is InChI=1S/C19H19N3O5/c1-24-14-7-5-6-13(10-14)19-21-18(27-22-19)11-20-17(23)12-26-16-9-4-3-8-15(16)25-2/h3-10H,11-12H2,1-2H3,(H,20,23). The summed E-state index contributed by atoms with van der Waals surface area (Å²) >= 11 is 0. The number of nitrogens with zero attached hydrogens (tertiary/aromatic N) is 2. The third-order valence-electron chi connectivity index (χ3n) is 3.66. The van der Waals surface area contributed by atoms with Crippen molar-refractivity contribution in [2.24, 2.45) is 0 Å². The van der Waals surface area contributed by atoms with Crippen LogP contribution < -0.4 is 19.5 Å². The fourth-order valence-electron chi connectivity index (χ4n) is 2.31. The Bertz CT molecular complexity index is 910. The SMILES string of the molecule is COc1cccc(-c2noc(CNC(=O)COc3ccccc3OC)n2)c1. The quantitative estimate of drug-likeness (QED) is 0.651. The molecule has 1 N–H and O–H groups in total. The lowest BCUT2D eigenvalue weighted by Crippen LogP contribution is -2.28. The van der Waals surface area contributed by atoms with Crippen LogP contribution in [0, 0.1) is 0 Å². The topological polar surface area (TPSA) is 95.7 Å². The van der Waals surface area contributed by atoms with E-state index in [0.29, 0.717) is 29.0 Å². The minimum absolute atomic E-state index is 0.102. The molecule has 0 bridgehead atoms. The van der Waals surface area contributed by atoms with Crippen molar-refractivity contribution in [2.75, 3.05) is 20.8 Å². The Morgan fingerprint density at radius 1 is 1.07 bits per heavy atom. The molecule has 2 aromatic carbocycles. The van der Waals surface area contributed by atoms with Gasteiger partial charge < -0.3 is 24.1 Å². The van der Waals surface area contributed by atoms with E-state index in [4.69, 9.17) is 18.7 Å². The molecule has 1 aromatic heterocycles. The van der Waals surface area contributed by atoms with Crippen molar-refractivity contribution in [3.63, 3.8) is 0 Å². The minimum atomic E-state index is -0.318. The van der Waals surface area contributed by atoms with E-state index in [0.717, 1.165) is 5.56 Å². The first kappa shape index (κ1) is 18.2. The Morgan fingerprint density at radius 3 is 2.67 bits per heavy atom. The van der Waals surface area contributed by atoms with Crippen LogP contribution in [0.1, 0.15) is 5.89 Å². The molecule has 140 valence electrons. The fourth-order valence-corrected chi connectivity index (χ4v) is 2.31. The van der Waals surface area contributed by atoms with Crippen molar-refractivity contribution in [1.29, 1.82) is 0 Å². The number of benzene rings is 2. The summed E-state index contributed by atoms with van der Waals surface area (Å²) < 4.78 is 21.0. The van der Waals surface area contributed by atoms with E-state index in [1.54, 1.807) is 31.4 Å². The Hall–Kier alpha value is -3.55. The monoisotopic (exact) mass is 369 g/mol. The van der Waals surface area contributed by atoms with Crippen molar-refractivity contribution >= 4 is 5.91 Å². The maximum atomic E-state index is 12.0. The smallest absolute Gasteiger partial charge is 0.258 e. The van der Waals surface area contributed by atoms with Gasteiger partial charge in [0.15, 0.2) is 18.1 Å². The summed E-state index contributed by atoms with van der Waals surface area (Å²) in [6.07, 6.45) is 0. The van der Waals surface area contributed by atoms with E-state index < -0.39 is 0 Å². The third kappa shape index (κ3) is 4.75. The number of carbonyl (C=O) groups is 1. The zero-order valence-corrected chi connectivity index (χ0v) is 15.0. The molecule has 27 heavy (non-hydrogen) atoms. The molecule has 1 heterocycles. The van der Waals surface area contributed by atoms with Crippen molar-refractivity contribution in [3.05, 3.63) is 54.4 Å². The molecule has 0 aliphatic rings. The van der Waals surface area contributed by atoms with E-state index in [1.807, 2.05) is 24.3 Å². The number of nitrogens with one attached hydrogen (secondary N) is 1. The Morgan fingerprint density at radius 2 is 1.89 bits per heavy atom. The second kappa shape index (κ2) is 8.70. The van der Waals surface area contributed by atoms with Gasteiger partial charge in [-0.2, -0.15) is 4.98 Å². The zero-order valence-electron chi connectivity index (χ0n) is 15.0. The lowest BCUT2D eigenvalue weighted by molar-refractivity contribution is -0.123. The Kier molecular flexibility index (Phi) is 5.88. The van der Waals surface area contributed by atoms with E-state index in [2.05, 4.69) is 15.5 Å². The highest BCUT2D eigenvalue weighted by molar-refractivity contribution is 5.77. The van der Waals surface area contributed by atoms with Gasteiger partial charge in [0.1, 0.15) is 5.75 Å². The van der Waals surface area contributed by atoms with Gasteiger partial charge in [-0.25, -0.2) is 0 Å². The van der Waals surface area contributed by atoms with Crippen molar-refractivity contribution in [3.8, 4) is 28.6 Å². The van der Waals surface area contributed by atoms with Crippen molar-refractivity contribution in [1.82, 2.24) is 15.5 Å². The summed E-state index contributed by atoms with van der Waals surface area (Å²) in [6, 6.07) is 14.4. The number of methoxy groups -OCH3 is 2. The number of aromatic nitrogens is 2. The van der Waals surface area contributed by atoms with Gasteiger partial charge in [0.25, 0.3) is 5.91 Å². The summed E-state index contributed by atoms with van der Waals surface area (Å²) in [5.41, 5.74) is 0.759. The molecule has 0 atom stereocenters. The number of rotatable bonds is 8. The lowest BCUT2D eigenvalue weighted by atomic mass is 10.2. The van der Waals surface area contributed by atoms with Crippen LogP contribution in [-0.2, 0) is 11.3 Å². The molecule has 8 heteroatoms. The van der Waals surface area contributed by atoms with Gasteiger partial charge in [0.2, 0.25) is 11.7 Å². The van der Waals surface area contributed by atoms with E-state index in [1.165, 1.54) is 7.11 Å². The highest BCUT2D eigenvalue weighted by Gasteiger charge is 2.11.